The predicted molar refractivity (Wildman–Crippen MR) is 203 cm³/mol. The molecule has 0 saturated heterocycles. The van der Waals surface area contributed by atoms with Gasteiger partial charge in [-0.15, -0.1) is 0 Å². The Morgan fingerprint density at radius 3 is 2.04 bits per heavy atom. The first kappa shape index (κ1) is 29.8. The Kier molecular flexibility index (Phi) is 7.40. The average Bonchev–Trinajstić information content (AvgIpc) is 3.76. The van der Waals surface area contributed by atoms with Crippen LogP contribution in [-0.2, 0) is 0 Å². The van der Waals surface area contributed by atoms with E-state index < -0.39 is 0 Å². The van der Waals surface area contributed by atoms with Crippen molar-refractivity contribution in [3.8, 4) is 11.3 Å². The van der Waals surface area contributed by atoms with Gasteiger partial charge in [0.1, 0.15) is 5.65 Å². The molecule has 48 heavy (non-hydrogen) atoms. The van der Waals surface area contributed by atoms with Gasteiger partial charge in [-0.3, -0.25) is 4.40 Å². The highest BCUT2D eigenvalue weighted by Crippen LogP contribution is 2.42. The van der Waals surface area contributed by atoms with Crippen molar-refractivity contribution < 1.29 is 0 Å². The van der Waals surface area contributed by atoms with Crippen LogP contribution in [0.4, 0.5) is 22.7 Å². The van der Waals surface area contributed by atoms with Crippen molar-refractivity contribution in [3.63, 3.8) is 0 Å². The molecule has 1 aliphatic heterocycles. The number of hydrogen-bond donors (Lipinski definition) is 0. The molecule has 0 atom stereocenters. The van der Waals surface area contributed by atoms with E-state index >= 15 is 0 Å². The normalized spacial score (nSPS) is 13.2. The lowest BCUT2D eigenvalue weighted by atomic mass is 9.87. The molecule has 0 fully saturated rings. The minimum Gasteiger partial charge on any atom is -0.361 e. The predicted octanol–water partition coefficient (Wildman–Crippen LogP) is 11.2. The number of nitrogens with zero attached hydrogens (tertiary/aromatic N) is 5. The molecule has 0 N–H and O–H groups in total. The first-order chi connectivity index (χ1) is 23.4. The van der Waals surface area contributed by atoms with E-state index in [2.05, 4.69) is 188 Å². The van der Waals surface area contributed by atoms with E-state index in [1.54, 1.807) is 0 Å². The zero-order chi connectivity index (χ0) is 32.9. The third-order valence-corrected chi connectivity index (χ3v) is 9.64. The van der Waals surface area contributed by atoms with Crippen LogP contribution in [0.2, 0.25) is 0 Å². The quantitative estimate of drug-likeness (QED) is 0.164. The second-order valence-corrected chi connectivity index (χ2v) is 13.5. The van der Waals surface area contributed by atoms with Crippen molar-refractivity contribution >= 4 is 50.1 Å². The zero-order valence-electron chi connectivity index (χ0n) is 28.3. The van der Waals surface area contributed by atoms with E-state index in [4.69, 9.17) is 4.98 Å². The van der Waals surface area contributed by atoms with Crippen LogP contribution in [0.15, 0.2) is 134 Å². The Bertz CT molecular complexity index is 2290. The zero-order valence-corrected chi connectivity index (χ0v) is 28.3. The van der Waals surface area contributed by atoms with Crippen LogP contribution < -0.4 is 9.80 Å². The van der Waals surface area contributed by atoms with Crippen LogP contribution in [-0.4, -0.2) is 28.0 Å². The van der Waals surface area contributed by atoms with Crippen LogP contribution in [0, 0.1) is 0 Å². The summed E-state index contributed by atoms with van der Waals surface area (Å²) >= 11 is 0. The maximum Gasteiger partial charge on any atom is 0.145 e. The number of anilines is 4. The van der Waals surface area contributed by atoms with E-state index in [1.807, 2.05) is 0 Å². The molecule has 238 valence electrons. The van der Waals surface area contributed by atoms with Gasteiger partial charge < -0.3 is 14.7 Å². The Balaban J connectivity index is 1.38. The summed E-state index contributed by atoms with van der Waals surface area (Å²) in [6.45, 7) is 9.99. The van der Waals surface area contributed by atoms with Crippen LogP contribution >= 0.6 is 0 Å². The number of fused-ring (bicyclic) bond motifs is 6. The fourth-order valence-electron chi connectivity index (χ4n) is 7.33. The van der Waals surface area contributed by atoms with Crippen LogP contribution in [0.1, 0.15) is 50.7 Å². The number of benzene rings is 5. The SMILES string of the molecule is CC(C)c1cccc(C(C)C)c1-c1cnc2c3cc(N(c4ccccc4)c4cccc(N5C=CN(C)C5)c4)ccc3c3ccccc3n12. The highest BCUT2D eigenvalue weighted by molar-refractivity contribution is 6.13. The molecular formula is C43H41N5. The van der Waals surface area contributed by atoms with E-state index in [9.17, 15) is 0 Å². The molecule has 0 bridgehead atoms. The smallest absolute Gasteiger partial charge is 0.145 e. The molecule has 5 heteroatoms. The summed E-state index contributed by atoms with van der Waals surface area (Å²) in [6, 6.07) is 41.9. The summed E-state index contributed by atoms with van der Waals surface area (Å²) in [4.78, 5) is 12.0. The van der Waals surface area contributed by atoms with Crippen LogP contribution in [0.5, 0.6) is 0 Å². The molecule has 2 aromatic heterocycles. The molecular weight excluding hydrogens is 587 g/mol. The summed E-state index contributed by atoms with van der Waals surface area (Å²) in [5, 5.41) is 3.55. The summed E-state index contributed by atoms with van der Waals surface area (Å²) in [5.41, 5.74) is 11.8. The lowest BCUT2D eigenvalue weighted by Gasteiger charge is -2.27. The van der Waals surface area contributed by atoms with Gasteiger partial charge in [0.25, 0.3) is 0 Å². The Hall–Kier alpha value is -5.55. The molecule has 5 nitrogen and oxygen atoms in total. The number of pyridine rings is 1. The fraction of sp³-hybridized carbons (Fsp3) is 0.186. The molecule has 0 amide bonds. The van der Waals surface area contributed by atoms with Crippen molar-refractivity contribution in [2.45, 2.75) is 39.5 Å². The lowest BCUT2D eigenvalue weighted by Crippen LogP contribution is -2.21. The number of para-hydroxylation sites is 2. The maximum atomic E-state index is 5.22. The van der Waals surface area contributed by atoms with Crippen molar-refractivity contribution in [1.82, 2.24) is 14.3 Å². The highest BCUT2D eigenvalue weighted by atomic mass is 15.3. The molecule has 0 radical (unpaired) electrons. The number of imidazole rings is 1. The summed E-state index contributed by atoms with van der Waals surface area (Å²) in [7, 11) is 2.10. The number of rotatable bonds is 7. The first-order valence-corrected chi connectivity index (χ1v) is 16.9. The fourth-order valence-corrected chi connectivity index (χ4v) is 7.33. The molecule has 0 aliphatic carbocycles. The van der Waals surface area contributed by atoms with Gasteiger partial charge >= 0.3 is 0 Å². The van der Waals surface area contributed by atoms with Crippen LogP contribution in [0.3, 0.4) is 0 Å². The highest BCUT2D eigenvalue weighted by Gasteiger charge is 2.22. The third kappa shape index (κ3) is 4.98. The van der Waals surface area contributed by atoms with Crippen molar-refractivity contribution in [3.05, 3.63) is 145 Å². The van der Waals surface area contributed by atoms with Crippen molar-refractivity contribution in [2.24, 2.45) is 0 Å². The minimum atomic E-state index is 0.384. The number of hydrogen-bond acceptors (Lipinski definition) is 4. The van der Waals surface area contributed by atoms with Crippen molar-refractivity contribution in [1.29, 1.82) is 0 Å². The van der Waals surface area contributed by atoms with Gasteiger partial charge in [-0.1, -0.05) is 94.4 Å². The van der Waals surface area contributed by atoms with Gasteiger partial charge in [-0.25, -0.2) is 4.98 Å². The molecule has 7 aromatic rings. The summed E-state index contributed by atoms with van der Waals surface area (Å²) < 4.78 is 2.40. The van der Waals surface area contributed by atoms with E-state index in [0.717, 1.165) is 46.1 Å². The van der Waals surface area contributed by atoms with Crippen molar-refractivity contribution in [2.75, 3.05) is 23.5 Å². The Labute approximate surface area is 283 Å². The summed E-state index contributed by atoms with van der Waals surface area (Å²) in [5.74, 6) is 0.767. The van der Waals surface area contributed by atoms with E-state index in [0.29, 0.717) is 11.8 Å². The topological polar surface area (TPSA) is 27.0 Å². The third-order valence-electron chi connectivity index (χ3n) is 9.64. The second-order valence-electron chi connectivity index (χ2n) is 13.5. The molecule has 3 heterocycles. The second kappa shape index (κ2) is 11.9. The molecule has 8 rings (SSSR count). The molecule has 5 aromatic carbocycles. The molecule has 1 aliphatic rings. The lowest BCUT2D eigenvalue weighted by molar-refractivity contribution is 0.496. The van der Waals surface area contributed by atoms with E-state index in [1.165, 1.54) is 33.0 Å². The standard InChI is InChI=1S/C43H41N5/c1-29(2)35-18-12-19-36(30(3)4)42(35)41-27-44-43-39-26-34(21-22-37(39)38-17-9-10-20-40(38)48(41)43)47(31-13-7-6-8-14-31)33-16-11-15-32(25-33)46-24-23-45(5)28-46/h6-27,29-30H,28H2,1-5H3. The summed E-state index contributed by atoms with van der Waals surface area (Å²) in [6.07, 6.45) is 6.35. The minimum absolute atomic E-state index is 0.384. The van der Waals surface area contributed by atoms with Crippen LogP contribution in [0.25, 0.3) is 38.6 Å². The monoisotopic (exact) mass is 627 g/mol. The first-order valence-electron chi connectivity index (χ1n) is 16.9. The van der Waals surface area contributed by atoms with Gasteiger partial charge in [-0.2, -0.15) is 0 Å². The Morgan fingerprint density at radius 2 is 1.31 bits per heavy atom. The van der Waals surface area contributed by atoms with Gasteiger partial charge in [-0.05, 0) is 76.9 Å². The van der Waals surface area contributed by atoms with E-state index in [-0.39, 0.29) is 0 Å². The van der Waals surface area contributed by atoms with Gasteiger partial charge in [0, 0.05) is 58.5 Å². The molecule has 0 saturated carbocycles. The van der Waals surface area contributed by atoms with Gasteiger partial charge in [0.2, 0.25) is 0 Å². The molecule has 0 unspecified atom stereocenters. The van der Waals surface area contributed by atoms with Gasteiger partial charge in [0.15, 0.2) is 0 Å². The molecule has 0 spiro atoms. The Morgan fingerprint density at radius 1 is 0.625 bits per heavy atom. The average molecular weight is 628 g/mol. The number of aromatic nitrogens is 2. The maximum absolute atomic E-state index is 5.22. The largest absolute Gasteiger partial charge is 0.361 e. The van der Waals surface area contributed by atoms with Gasteiger partial charge in [0.05, 0.1) is 24.1 Å².